The van der Waals surface area contributed by atoms with Gasteiger partial charge < -0.3 is 10.0 Å². The Bertz CT molecular complexity index is 511. The van der Waals surface area contributed by atoms with Crippen LogP contribution in [-0.4, -0.2) is 45.6 Å². The van der Waals surface area contributed by atoms with Crippen molar-refractivity contribution in [3.8, 4) is 0 Å². The molecule has 1 amide bonds. The molecule has 5 nitrogen and oxygen atoms in total. The van der Waals surface area contributed by atoms with Crippen LogP contribution in [-0.2, 0) is 4.79 Å². The van der Waals surface area contributed by atoms with E-state index in [0.717, 1.165) is 0 Å². The summed E-state index contributed by atoms with van der Waals surface area (Å²) in [5, 5.41) is 8.75. The van der Waals surface area contributed by atoms with Crippen molar-refractivity contribution in [2.24, 2.45) is 0 Å². The first-order valence-corrected chi connectivity index (χ1v) is 6.04. The van der Waals surface area contributed by atoms with Gasteiger partial charge in [0.2, 0.25) is 5.67 Å². The lowest BCUT2D eigenvalue weighted by Gasteiger charge is -2.17. The lowest BCUT2D eigenvalue weighted by Crippen LogP contribution is -2.38. The number of likely N-dealkylation sites (tertiary alicyclic amines) is 1. The van der Waals surface area contributed by atoms with Crippen LogP contribution in [0.5, 0.6) is 0 Å². The molecule has 1 aromatic rings. The Hall–Kier alpha value is -1.50. The number of carbonyl (C=O) groups is 2. The fourth-order valence-electron chi connectivity index (χ4n) is 1.83. The highest BCUT2D eigenvalue weighted by atomic mass is 79.9. The van der Waals surface area contributed by atoms with Gasteiger partial charge in [-0.15, -0.1) is 0 Å². The van der Waals surface area contributed by atoms with E-state index in [-0.39, 0.29) is 13.0 Å². The summed E-state index contributed by atoms with van der Waals surface area (Å²) in [6.45, 7) is -0.332. The van der Waals surface area contributed by atoms with Gasteiger partial charge in [0.25, 0.3) is 5.91 Å². The van der Waals surface area contributed by atoms with E-state index in [9.17, 15) is 14.0 Å². The Kier molecular flexibility index (Phi) is 3.34. The minimum absolute atomic E-state index is 0.0914. The molecule has 1 aromatic heterocycles. The maximum Gasteiger partial charge on any atom is 0.343 e. The van der Waals surface area contributed by atoms with E-state index in [1.165, 1.54) is 17.3 Å². The van der Waals surface area contributed by atoms with Gasteiger partial charge in [-0.25, -0.2) is 9.18 Å². The van der Waals surface area contributed by atoms with Crippen molar-refractivity contribution in [2.75, 3.05) is 13.1 Å². The summed E-state index contributed by atoms with van der Waals surface area (Å²) in [6, 6.07) is 1.56. The minimum atomic E-state index is -2.34. The minimum Gasteiger partial charge on any atom is -0.479 e. The molecule has 0 aliphatic carbocycles. The molecule has 0 radical (unpaired) electrons. The molecule has 7 heteroatoms. The van der Waals surface area contributed by atoms with Crippen molar-refractivity contribution < 1.29 is 19.1 Å². The SMILES string of the molecule is O=C(c1cncc(Br)c1)N1CCC(F)(C(=O)O)C1. The quantitative estimate of drug-likeness (QED) is 0.897. The summed E-state index contributed by atoms with van der Waals surface area (Å²) in [7, 11) is 0. The van der Waals surface area contributed by atoms with Crippen molar-refractivity contribution in [1.29, 1.82) is 0 Å². The standard InChI is InChI=1S/C11H10BrFN2O3/c12-8-3-7(4-14-5-8)9(16)15-2-1-11(13,6-15)10(17)18/h3-5H,1-2,6H2,(H,17,18). The lowest BCUT2D eigenvalue weighted by molar-refractivity contribution is -0.149. The third-order valence-corrected chi connectivity index (χ3v) is 3.28. The second kappa shape index (κ2) is 4.64. The average Bonchev–Trinajstić information content (AvgIpc) is 2.72. The fourth-order valence-corrected chi connectivity index (χ4v) is 2.20. The molecule has 2 heterocycles. The Morgan fingerprint density at radius 2 is 2.22 bits per heavy atom. The number of hydrogen-bond donors (Lipinski definition) is 1. The zero-order valence-electron chi connectivity index (χ0n) is 9.27. The second-order valence-corrected chi connectivity index (χ2v) is 5.05. The number of amides is 1. The average molecular weight is 317 g/mol. The summed E-state index contributed by atoms with van der Waals surface area (Å²) in [6.07, 6.45) is 2.71. The fraction of sp³-hybridized carbons (Fsp3) is 0.364. The molecule has 1 aliphatic rings. The summed E-state index contributed by atoms with van der Waals surface area (Å²) in [5.41, 5.74) is -2.03. The molecule has 1 N–H and O–H groups in total. The molecule has 1 saturated heterocycles. The van der Waals surface area contributed by atoms with Gasteiger partial charge in [0, 0.05) is 29.8 Å². The molecule has 1 atom stereocenters. The van der Waals surface area contributed by atoms with Crippen molar-refractivity contribution >= 4 is 27.8 Å². The third kappa shape index (κ3) is 2.35. The lowest BCUT2D eigenvalue weighted by atomic mass is 10.1. The largest absolute Gasteiger partial charge is 0.479 e. The van der Waals surface area contributed by atoms with E-state index < -0.39 is 24.1 Å². The third-order valence-electron chi connectivity index (χ3n) is 2.84. The van der Waals surface area contributed by atoms with Crippen LogP contribution in [0.2, 0.25) is 0 Å². The van der Waals surface area contributed by atoms with E-state index in [4.69, 9.17) is 5.11 Å². The molecule has 0 saturated carbocycles. The Balaban J connectivity index is 2.15. The molecule has 0 spiro atoms. The number of aromatic nitrogens is 1. The molecule has 0 aromatic carbocycles. The predicted molar refractivity (Wildman–Crippen MR) is 63.9 cm³/mol. The topological polar surface area (TPSA) is 70.5 Å². The van der Waals surface area contributed by atoms with Crippen LogP contribution >= 0.6 is 15.9 Å². The van der Waals surface area contributed by atoms with Gasteiger partial charge >= 0.3 is 5.97 Å². The molecular weight excluding hydrogens is 307 g/mol. The number of aliphatic carboxylic acids is 1. The highest BCUT2D eigenvalue weighted by Gasteiger charge is 2.47. The van der Waals surface area contributed by atoms with Crippen molar-refractivity contribution in [1.82, 2.24) is 9.88 Å². The first-order valence-electron chi connectivity index (χ1n) is 5.24. The summed E-state index contributed by atoms with van der Waals surface area (Å²) >= 11 is 3.18. The Labute approximate surface area is 111 Å². The van der Waals surface area contributed by atoms with Gasteiger partial charge in [-0.3, -0.25) is 9.78 Å². The van der Waals surface area contributed by atoms with Gasteiger partial charge in [0.15, 0.2) is 0 Å². The maximum atomic E-state index is 13.8. The van der Waals surface area contributed by atoms with Gasteiger partial charge in [-0.05, 0) is 22.0 Å². The molecule has 0 bridgehead atoms. The van der Waals surface area contributed by atoms with Crippen LogP contribution in [0.3, 0.4) is 0 Å². The van der Waals surface area contributed by atoms with Crippen molar-refractivity contribution in [3.05, 3.63) is 28.5 Å². The smallest absolute Gasteiger partial charge is 0.343 e. The monoisotopic (exact) mass is 316 g/mol. The van der Waals surface area contributed by atoms with Crippen LogP contribution in [0.1, 0.15) is 16.8 Å². The number of halogens is 2. The first-order chi connectivity index (χ1) is 8.42. The van der Waals surface area contributed by atoms with E-state index in [1.807, 2.05) is 0 Å². The maximum absolute atomic E-state index is 13.8. The first kappa shape index (κ1) is 12.9. The van der Waals surface area contributed by atoms with E-state index >= 15 is 0 Å². The van der Waals surface area contributed by atoms with Crippen LogP contribution in [0, 0.1) is 0 Å². The number of hydrogen-bond acceptors (Lipinski definition) is 3. The number of alkyl halides is 1. The van der Waals surface area contributed by atoms with Gasteiger partial charge in [-0.1, -0.05) is 0 Å². The van der Waals surface area contributed by atoms with Gasteiger partial charge in [0.1, 0.15) is 0 Å². The molecule has 2 rings (SSSR count). The highest BCUT2D eigenvalue weighted by Crippen LogP contribution is 2.27. The van der Waals surface area contributed by atoms with E-state index in [1.54, 1.807) is 6.07 Å². The van der Waals surface area contributed by atoms with Gasteiger partial charge in [0.05, 0.1) is 12.1 Å². The zero-order valence-corrected chi connectivity index (χ0v) is 10.9. The molecule has 1 unspecified atom stereocenters. The van der Waals surface area contributed by atoms with Crippen molar-refractivity contribution in [2.45, 2.75) is 12.1 Å². The number of carbonyl (C=O) groups excluding carboxylic acids is 1. The number of rotatable bonds is 2. The number of pyridine rings is 1. The molecular formula is C11H10BrFN2O3. The number of nitrogens with zero attached hydrogens (tertiary/aromatic N) is 2. The van der Waals surface area contributed by atoms with E-state index in [2.05, 4.69) is 20.9 Å². The molecule has 96 valence electrons. The van der Waals surface area contributed by atoms with Crippen LogP contribution in [0.4, 0.5) is 4.39 Å². The zero-order chi connectivity index (χ0) is 13.3. The molecule has 18 heavy (non-hydrogen) atoms. The summed E-state index contributed by atoms with van der Waals surface area (Å²) < 4.78 is 14.5. The van der Waals surface area contributed by atoms with Gasteiger partial charge in [-0.2, -0.15) is 0 Å². The predicted octanol–water partition coefficient (Wildman–Crippen LogP) is 1.48. The van der Waals surface area contributed by atoms with Crippen LogP contribution in [0.15, 0.2) is 22.9 Å². The summed E-state index contributed by atoms with van der Waals surface area (Å²) in [5.74, 6) is -1.94. The highest BCUT2D eigenvalue weighted by molar-refractivity contribution is 9.10. The Morgan fingerprint density at radius 3 is 2.78 bits per heavy atom. The number of carboxylic acids is 1. The summed E-state index contributed by atoms with van der Waals surface area (Å²) in [4.78, 5) is 27.8. The Morgan fingerprint density at radius 1 is 1.50 bits per heavy atom. The second-order valence-electron chi connectivity index (χ2n) is 4.14. The number of carboxylic acid groups (broad SMARTS) is 1. The molecule has 1 fully saturated rings. The van der Waals surface area contributed by atoms with Crippen LogP contribution < -0.4 is 0 Å². The normalized spacial score (nSPS) is 23.1. The van der Waals surface area contributed by atoms with Crippen LogP contribution in [0.25, 0.3) is 0 Å². The van der Waals surface area contributed by atoms with E-state index in [0.29, 0.717) is 10.0 Å². The molecule has 1 aliphatic heterocycles. The van der Waals surface area contributed by atoms with Crippen molar-refractivity contribution in [3.63, 3.8) is 0 Å².